The van der Waals surface area contributed by atoms with Crippen molar-refractivity contribution in [3.05, 3.63) is 71.4 Å². The fourth-order valence-electron chi connectivity index (χ4n) is 4.11. The van der Waals surface area contributed by atoms with Crippen LogP contribution >= 0.6 is 0 Å². The maximum Gasteiger partial charge on any atom is 0.335 e. The molecule has 1 aliphatic heterocycles. The highest BCUT2D eigenvalue weighted by Crippen LogP contribution is 2.27. The number of phenols is 1. The molecule has 1 unspecified atom stereocenters. The fourth-order valence-corrected chi connectivity index (χ4v) is 4.11. The number of aromatic carboxylic acids is 1. The summed E-state index contributed by atoms with van der Waals surface area (Å²) in [6, 6.07) is 13.1. The van der Waals surface area contributed by atoms with E-state index in [-0.39, 0.29) is 0 Å². The molecule has 0 saturated carbocycles. The highest BCUT2D eigenvalue weighted by molar-refractivity contribution is 5.94. The van der Waals surface area contributed by atoms with Crippen LogP contribution in [0, 0.1) is 0 Å². The summed E-state index contributed by atoms with van der Waals surface area (Å²) in [5, 5.41) is 23.3. The van der Waals surface area contributed by atoms with Gasteiger partial charge in [-0.2, -0.15) is 0 Å². The second kappa shape index (κ2) is 8.53. The normalized spacial score (nSPS) is 16.7. The van der Waals surface area contributed by atoms with Gasteiger partial charge in [0.2, 0.25) is 0 Å². The number of aryl methyl sites for hydroxylation is 1. The summed E-state index contributed by atoms with van der Waals surface area (Å²) in [5.41, 5.74) is 5.03. The van der Waals surface area contributed by atoms with E-state index in [1.54, 1.807) is 24.3 Å². The Hall–Kier alpha value is -3.05. The van der Waals surface area contributed by atoms with Crippen molar-refractivity contribution < 1.29 is 15.0 Å². The standard InChI is InChI=1S/C24H26N2O3/c27-21-8-5-16(6-9-21)17-11-12-25-20(13-17)4-2-1-3-19-15-26-23-10-7-18(24(28)29)14-22(19)23/h5-11,14-15,20,25-27H,1-4,12-13H2,(H,28,29). The van der Waals surface area contributed by atoms with E-state index in [9.17, 15) is 15.0 Å². The molecule has 0 fully saturated rings. The lowest BCUT2D eigenvalue weighted by atomic mass is 9.92. The molecule has 1 aromatic heterocycles. The van der Waals surface area contributed by atoms with Crippen LogP contribution in [0.2, 0.25) is 0 Å². The summed E-state index contributed by atoms with van der Waals surface area (Å²) in [5.74, 6) is -0.590. The number of unbranched alkanes of at least 4 members (excludes halogenated alkanes) is 1. The third kappa shape index (κ3) is 4.51. The topological polar surface area (TPSA) is 85.3 Å². The molecule has 1 atom stereocenters. The molecule has 5 nitrogen and oxygen atoms in total. The number of H-pyrrole nitrogens is 1. The number of hydrogen-bond acceptors (Lipinski definition) is 3. The number of nitrogens with one attached hydrogen (secondary N) is 2. The van der Waals surface area contributed by atoms with Gasteiger partial charge in [-0.25, -0.2) is 4.79 Å². The largest absolute Gasteiger partial charge is 0.508 e. The molecule has 2 heterocycles. The Balaban J connectivity index is 1.30. The molecule has 2 aromatic carbocycles. The minimum absolute atomic E-state index is 0.299. The molecule has 0 spiro atoms. The van der Waals surface area contributed by atoms with E-state index >= 15 is 0 Å². The zero-order valence-electron chi connectivity index (χ0n) is 16.3. The lowest BCUT2D eigenvalue weighted by molar-refractivity contribution is 0.0697. The molecule has 0 radical (unpaired) electrons. The monoisotopic (exact) mass is 390 g/mol. The lowest BCUT2D eigenvalue weighted by Gasteiger charge is -2.24. The van der Waals surface area contributed by atoms with Gasteiger partial charge in [0.05, 0.1) is 5.56 Å². The summed E-state index contributed by atoms with van der Waals surface area (Å²) in [7, 11) is 0. The maximum absolute atomic E-state index is 11.2. The predicted octanol–water partition coefficient (Wildman–Crippen LogP) is 4.73. The minimum Gasteiger partial charge on any atom is -0.508 e. The predicted molar refractivity (Wildman–Crippen MR) is 115 cm³/mol. The van der Waals surface area contributed by atoms with Crippen LogP contribution in [0.4, 0.5) is 0 Å². The number of aromatic nitrogens is 1. The third-order valence-corrected chi connectivity index (χ3v) is 5.72. The molecule has 5 heteroatoms. The molecule has 0 bridgehead atoms. The highest BCUT2D eigenvalue weighted by atomic mass is 16.4. The van der Waals surface area contributed by atoms with Crippen molar-refractivity contribution in [2.24, 2.45) is 0 Å². The van der Waals surface area contributed by atoms with E-state index in [2.05, 4.69) is 16.4 Å². The highest BCUT2D eigenvalue weighted by Gasteiger charge is 2.16. The van der Waals surface area contributed by atoms with E-state index in [1.165, 1.54) is 16.7 Å². The molecule has 0 amide bonds. The van der Waals surface area contributed by atoms with Crippen molar-refractivity contribution in [3.63, 3.8) is 0 Å². The van der Waals surface area contributed by atoms with Crippen LogP contribution in [0.1, 0.15) is 47.2 Å². The molecule has 0 saturated heterocycles. The first-order valence-electron chi connectivity index (χ1n) is 10.2. The number of phenolic OH excluding ortho intramolecular Hbond substituents is 1. The van der Waals surface area contributed by atoms with Crippen molar-refractivity contribution in [2.45, 2.75) is 38.1 Å². The first-order valence-corrected chi connectivity index (χ1v) is 10.2. The van der Waals surface area contributed by atoms with Gasteiger partial charge in [0.25, 0.3) is 0 Å². The number of carboxylic acids is 1. The average Bonchev–Trinajstić information content (AvgIpc) is 3.14. The molecule has 29 heavy (non-hydrogen) atoms. The quantitative estimate of drug-likeness (QED) is 0.439. The van der Waals surface area contributed by atoms with Crippen LogP contribution in [0.15, 0.2) is 54.7 Å². The number of carbonyl (C=O) groups is 1. The Morgan fingerprint density at radius 1 is 1.10 bits per heavy atom. The van der Waals surface area contributed by atoms with Crippen LogP contribution in [0.5, 0.6) is 5.75 Å². The summed E-state index contributed by atoms with van der Waals surface area (Å²) >= 11 is 0. The van der Waals surface area contributed by atoms with Gasteiger partial charge in [0, 0.05) is 29.7 Å². The number of benzene rings is 2. The zero-order valence-corrected chi connectivity index (χ0v) is 16.3. The SMILES string of the molecule is O=C(O)c1ccc2[nH]cc(CCCCC3CC(c4ccc(O)cc4)=CCN3)c2c1. The molecule has 4 rings (SSSR count). The number of rotatable bonds is 7. The smallest absolute Gasteiger partial charge is 0.335 e. The van der Waals surface area contributed by atoms with Gasteiger partial charge < -0.3 is 20.5 Å². The van der Waals surface area contributed by atoms with Gasteiger partial charge in [0.1, 0.15) is 5.75 Å². The fraction of sp³-hybridized carbons (Fsp3) is 0.292. The van der Waals surface area contributed by atoms with Gasteiger partial charge in [-0.1, -0.05) is 24.6 Å². The number of aromatic hydroxyl groups is 1. The van der Waals surface area contributed by atoms with Gasteiger partial charge >= 0.3 is 5.97 Å². The second-order valence-corrected chi connectivity index (χ2v) is 7.71. The summed E-state index contributed by atoms with van der Waals surface area (Å²) in [6.45, 7) is 0.876. The van der Waals surface area contributed by atoms with Gasteiger partial charge in [-0.15, -0.1) is 0 Å². The molecule has 1 aliphatic rings. The van der Waals surface area contributed by atoms with Crippen molar-refractivity contribution in [1.29, 1.82) is 0 Å². The van der Waals surface area contributed by atoms with Crippen LogP contribution in [-0.2, 0) is 6.42 Å². The molecule has 3 aromatic rings. The Morgan fingerprint density at radius 3 is 2.72 bits per heavy atom. The number of fused-ring (bicyclic) bond motifs is 1. The van der Waals surface area contributed by atoms with Gasteiger partial charge in [-0.05, 0) is 72.7 Å². The Bertz CT molecular complexity index is 1030. The van der Waals surface area contributed by atoms with Crippen molar-refractivity contribution >= 4 is 22.4 Å². The Labute approximate surface area is 170 Å². The molecule has 0 aliphatic carbocycles. The van der Waals surface area contributed by atoms with E-state index in [1.807, 2.05) is 24.4 Å². The molecule has 150 valence electrons. The van der Waals surface area contributed by atoms with Crippen LogP contribution in [0.25, 0.3) is 16.5 Å². The van der Waals surface area contributed by atoms with E-state index in [0.29, 0.717) is 17.4 Å². The number of hydrogen-bond donors (Lipinski definition) is 4. The summed E-state index contributed by atoms with van der Waals surface area (Å²) in [4.78, 5) is 14.5. The lowest BCUT2D eigenvalue weighted by Crippen LogP contribution is -2.32. The minimum atomic E-state index is -0.889. The van der Waals surface area contributed by atoms with Gasteiger partial charge in [-0.3, -0.25) is 0 Å². The van der Waals surface area contributed by atoms with Crippen LogP contribution in [-0.4, -0.2) is 33.8 Å². The van der Waals surface area contributed by atoms with E-state index in [0.717, 1.165) is 49.6 Å². The second-order valence-electron chi connectivity index (χ2n) is 7.71. The maximum atomic E-state index is 11.2. The summed E-state index contributed by atoms with van der Waals surface area (Å²) in [6.07, 6.45) is 9.47. The number of carboxylic acid groups (broad SMARTS) is 1. The van der Waals surface area contributed by atoms with E-state index in [4.69, 9.17) is 0 Å². The first kappa shape index (κ1) is 19.3. The Kier molecular flexibility index (Phi) is 5.67. The van der Waals surface area contributed by atoms with Crippen molar-refractivity contribution in [3.8, 4) is 5.75 Å². The third-order valence-electron chi connectivity index (χ3n) is 5.72. The molecular weight excluding hydrogens is 364 g/mol. The number of aromatic amines is 1. The van der Waals surface area contributed by atoms with E-state index < -0.39 is 5.97 Å². The zero-order chi connectivity index (χ0) is 20.2. The van der Waals surface area contributed by atoms with Crippen molar-refractivity contribution in [1.82, 2.24) is 10.3 Å². The molecular formula is C24H26N2O3. The van der Waals surface area contributed by atoms with Gasteiger partial charge in [0.15, 0.2) is 0 Å². The Morgan fingerprint density at radius 2 is 1.93 bits per heavy atom. The van der Waals surface area contributed by atoms with Crippen LogP contribution in [0.3, 0.4) is 0 Å². The molecule has 4 N–H and O–H groups in total. The summed E-state index contributed by atoms with van der Waals surface area (Å²) < 4.78 is 0. The average molecular weight is 390 g/mol. The van der Waals surface area contributed by atoms with Crippen LogP contribution < -0.4 is 5.32 Å². The van der Waals surface area contributed by atoms with Crippen molar-refractivity contribution in [2.75, 3.05) is 6.54 Å². The first-order chi connectivity index (χ1) is 14.1.